The number of nitrogens with two attached hydrogens (primary N) is 1. The molecule has 2 atom stereocenters. The van der Waals surface area contributed by atoms with Crippen molar-refractivity contribution in [3.8, 4) is 0 Å². The smallest absolute Gasteiger partial charge is 0.372 e. The lowest BCUT2D eigenvalue weighted by Crippen LogP contribution is -2.48. The third kappa shape index (κ3) is 6.39. The van der Waals surface area contributed by atoms with E-state index in [2.05, 4.69) is 4.74 Å². The Morgan fingerprint density at radius 1 is 0.958 bits per heavy atom. The first-order valence-corrected chi connectivity index (χ1v) is 6.33. The minimum absolute atomic E-state index is 0.441. The monoisotopic (exact) mass is 349 g/mol. The molecule has 0 fully saturated rings. The molecule has 0 spiro atoms. The second-order valence-corrected chi connectivity index (χ2v) is 4.73. The number of Topliss-reactive ketones (excluding diaryl/α,β-unsaturated/α-hetero) is 1. The fourth-order valence-electron chi connectivity index (χ4n) is 1.57. The number of carboxylic acid groups (broad SMARTS) is 4. The quantitative estimate of drug-likeness (QED) is 0.203. The summed E-state index contributed by atoms with van der Waals surface area (Å²) in [5.41, 5.74) is 2.22. The minimum atomic E-state index is -2.92. The summed E-state index contributed by atoms with van der Waals surface area (Å²) in [6, 6.07) is -1.45. The zero-order valence-corrected chi connectivity index (χ0v) is 12.1. The summed E-state index contributed by atoms with van der Waals surface area (Å²) in [5, 5.41) is 34.9. The van der Waals surface area contributed by atoms with Crippen molar-refractivity contribution in [2.75, 3.05) is 0 Å². The van der Waals surface area contributed by atoms with Crippen LogP contribution in [-0.2, 0) is 33.5 Å². The zero-order chi connectivity index (χ0) is 19.1. The van der Waals surface area contributed by atoms with E-state index in [0.717, 1.165) is 0 Å². The lowest BCUT2D eigenvalue weighted by Gasteiger charge is -2.26. The third-order valence-electron chi connectivity index (χ3n) is 2.80. The molecule has 0 aliphatic carbocycles. The minimum Gasteiger partial charge on any atom is -0.481 e. The molecule has 0 heterocycles. The number of esters is 1. The van der Waals surface area contributed by atoms with Crippen LogP contribution < -0.4 is 5.73 Å². The summed E-state index contributed by atoms with van der Waals surface area (Å²) in [7, 11) is 0. The number of rotatable bonds is 11. The van der Waals surface area contributed by atoms with Gasteiger partial charge >= 0.3 is 29.8 Å². The number of carbonyl (C=O) groups excluding carboxylic acids is 2. The third-order valence-corrected chi connectivity index (χ3v) is 2.80. The lowest BCUT2D eigenvalue weighted by atomic mass is 9.92. The summed E-state index contributed by atoms with van der Waals surface area (Å²) >= 11 is 0. The van der Waals surface area contributed by atoms with Gasteiger partial charge in [-0.05, 0) is 6.42 Å². The standard InChI is InChI=1S/C12H15NO11/c13-5(9(18)19)1-2-8(17)24-12(11(22)23,4-7(15)16)3-6(14)10(20)21/h5H,1-4,13H2,(H,15,16)(H,18,19)(H,20,21)(H,22,23)/t5-,12?/m0/s1. The van der Waals surface area contributed by atoms with E-state index in [1.165, 1.54) is 0 Å². The van der Waals surface area contributed by atoms with Gasteiger partial charge in [0.25, 0.3) is 0 Å². The molecule has 1 unspecified atom stereocenters. The number of ether oxygens (including phenoxy) is 1. The van der Waals surface area contributed by atoms with Crippen LogP contribution >= 0.6 is 0 Å². The van der Waals surface area contributed by atoms with E-state index >= 15 is 0 Å². The van der Waals surface area contributed by atoms with Gasteiger partial charge in [0.15, 0.2) is 0 Å². The molecule has 24 heavy (non-hydrogen) atoms. The van der Waals surface area contributed by atoms with Gasteiger partial charge in [-0.15, -0.1) is 0 Å². The Balaban J connectivity index is 5.30. The average molecular weight is 349 g/mol. The molecule has 0 aliphatic rings. The number of hydrogen-bond donors (Lipinski definition) is 5. The van der Waals surface area contributed by atoms with E-state index in [1.807, 2.05) is 0 Å². The van der Waals surface area contributed by atoms with Crippen molar-refractivity contribution in [1.82, 2.24) is 0 Å². The first-order valence-electron chi connectivity index (χ1n) is 6.33. The fraction of sp³-hybridized carbons (Fsp3) is 0.500. The number of aliphatic carboxylic acids is 4. The fourth-order valence-corrected chi connectivity index (χ4v) is 1.57. The van der Waals surface area contributed by atoms with Gasteiger partial charge in [0.1, 0.15) is 6.04 Å². The molecular formula is C12H15NO11. The SMILES string of the molecule is N[C@@H](CCC(=O)OC(CC(=O)O)(CC(=O)C(=O)O)C(=O)O)C(=O)O. The highest BCUT2D eigenvalue weighted by molar-refractivity contribution is 6.33. The molecule has 0 aromatic carbocycles. The average Bonchev–Trinajstić information content (AvgIpc) is 2.43. The van der Waals surface area contributed by atoms with Gasteiger partial charge < -0.3 is 30.9 Å². The predicted octanol–water partition coefficient (Wildman–Crippen LogP) is -1.94. The van der Waals surface area contributed by atoms with E-state index in [4.69, 9.17) is 26.2 Å². The van der Waals surface area contributed by atoms with Crippen LogP contribution in [0.3, 0.4) is 0 Å². The van der Waals surface area contributed by atoms with Gasteiger partial charge in [0.05, 0.1) is 12.8 Å². The van der Waals surface area contributed by atoms with Crippen LogP contribution in [0.25, 0.3) is 0 Å². The Morgan fingerprint density at radius 2 is 1.50 bits per heavy atom. The van der Waals surface area contributed by atoms with Crippen LogP contribution in [0.1, 0.15) is 25.7 Å². The molecule has 0 bridgehead atoms. The van der Waals surface area contributed by atoms with Crippen LogP contribution in [0.5, 0.6) is 0 Å². The summed E-state index contributed by atoms with van der Waals surface area (Å²) in [4.78, 5) is 66.0. The van der Waals surface area contributed by atoms with Gasteiger partial charge in [0, 0.05) is 6.42 Å². The maximum atomic E-state index is 11.6. The molecule has 0 aromatic heterocycles. The summed E-state index contributed by atoms with van der Waals surface area (Å²) in [6.07, 6.45) is -3.88. The van der Waals surface area contributed by atoms with E-state index in [1.54, 1.807) is 0 Å². The first-order chi connectivity index (χ1) is 10.9. The molecule has 0 aromatic rings. The molecule has 0 saturated heterocycles. The number of ketones is 1. The van der Waals surface area contributed by atoms with Crippen molar-refractivity contribution in [3.05, 3.63) is 0 Å². The van der Waals surface area contributed by atoms with Gasteiger partial charge in [-0.3, -0.25) is 19.2 Å². The number of carboxylic acids is 4. The molecule has 12 heteroatoms. The molecule has 6 N–H and O–H groups in total. The Bertz CT molecular complexity index is 569. The van der Waals surface area contributed by atoms with Crippen molar-refractivity contribution in [1.29, 1.82) is 0 Å². The summed E-state index contributed by atoms with van der Waals surface area (Å²) in [5.74, 6) is -10.3. The lowest BCUT2D eigenvalue weighted by molar-refractivity contribution is -0.185. The maximum absolute atomic E-state index is 11.6. The molecule has 0 saturated carbocycles. The van der Waals surface area contributed by atoms with E-state index in [0.29, 0.717) is 0 Å². The Morgan fingerprint density at radius 3 is 1.88 bits per heavy atom. The van der Waals surface area contributed by atoms with Crippen molar-refractivity contribution in [2.24, 2.45) is 5.73 Å². The van der Waals surface area contributed by atoms with Crippen LogP contribution in [0.4, 0.5) is 0 Å². The highest BCUT2D eigenvalue weighted by Gasteiger charge is 2.48. The number of hydrogen-bond acceptors (Lipinski definition) is 8. The highest BCUT2D eigenvalue weighted by atomic mass is 16.6. The van der Waals surface area contributed by atoms with Crippen LogP contribution in [0.2, 0.25) is 0 Å². The predicted molar refractivity (Wildman–Crippen MR) is 70.8 cm³/mol. The van der Waals surface area contributed by atoms with Crippen molar-refractivity contribution >= 4 is 35.6 Å². The van der Waals surface area contributed by atoms with Gasteiger partial charge in [0.2, 0.25) is 11.4 Å². The molecule has 0 rings (SSSR count). The van der Waals surface area contributed by atoms with Crippen molar-refractivity contribution in [3.63, 3.8) is 0 Å². The van der Waals surface area contributed by atoms with E-state index < -0.39 is 73.0 Å². The zero-order valence-electron chi connectivity index (χ0n) is 12.1. The largest absolute Gasteiger partial charge is 0.481 e. The van der Waals surface area contributed by atoms with Crippen LogP contribution in [0.15, 0.2) is 0 Å². The van der Waals surface area contributed by atoms with Gasteiger partial charge in [-0.2, -0.15) is 0 Å². The van der Waals surface area contributed by atoms with Gasteiger partial charge in [-0.1, -0.05) is 0 Å². The molecule has 134 valence electrons. The molecule has 0 radical (unpaired) electrons. The summed E-state index contributed by atoms with van der Waals surface area (Å²) in [6.45, 7) is 0. The van der Waals surface area contributed by atoms with Crippen LogP contribution in [0, 0.1) is 0 Å². The van der Waals surface area contributed by atoms with E-state index in [-0.39, 0.29) is 0 Å². The Hall–Kier alpha value is -3.02. The Labute approximate surface area is 133 Å². The molecule has 0 aliphatic heterocycles. The van der Waals surface area contributed by atoms with Gasteiger partial charge in [-0.25, -0.2) is 9.59 Å². The summed E-state index contributed by atoms with van der Waals surface area (Å²) < 4.78 is 4.51. The van der Waals surface area contributed by atoms with Crippen LogP contribution in [-0.4, -0.2) is 67.7 Å². The maximum Gasteiger partial charge on any atom is 0.372 e. The second-order valence-electron chi connectivity index (χ2n) is 4.73. The van der Waals surface area contributed by atoms with E-state index in [9.17, 15) is 28.8 Å². The Kier molecular flexibility index (Phi) is 7.49. The normalized spacial score (nSPS) is 14.0. The highest BCUT2D eigenvalue weighted by Crippen LogP contribution is 2.24. The molecule has 0 amide bonds. The molecule has 12 nitrogen and oxygen atoms in total. The van der Waals surface area contributed by atoms with Crippen molar-refractivity contribution in [2.45, 2.75) is 37.3 Å². The second kappa shape index (κ2) is 8.57. The topological polar surface area (TPSA) is 219 Å². The molecular weight excluding hydrogens is 334 g/mol. The number of carbonyl (C=O) groups is 6. The first kappa shape index (κ1) is 21.0. The van der Waals surface area contributed by atoms with Crippen molar-refractivity contribution < 1.29 is 53.9 Å².